The lowest BCUT2D eigenvalue weighted by Gasteiger charge is -2.15. The highest BCUT2D eigenvalue weighted by Gasteiger charge is 2.11. The van der Waals surface area contributed by atoms with Crippen molar-refractivity contribution in [1.82, 2.24) is 0 Å². The van der Waals surface area contributed by atoms with E-state index in [1.165, 1.54) is 4.90 Å². The lowest BCUT2D eigenvalue weighted by atomic mass is 10.2. The van der Waals surface area contributed by atoms with Crippen LogP contribution in [0, 0.1) is 6.92 Å². The van der Waals surface area contributed by atoms with Crippen molar-refractivity contribution in [3.8, 4) is 0 Å². The second kappa shape index (κ2) is 4.43. The topological polar surface area (TPSA) is 0 Å². The molecule has 71 valence electrons. The Balaban J connectivity index is 2.51. The predicted octanol–water partition coefficient (Wildman–Crippen LogP) is 4.41. The molecule has 0 amide bonds. The van der Waals surface area contributed by atoms with Crippen molar-refractivity contribution >= 4 is 21.6 Å². The van der Waals surface area contributed by atoms with Gasteiger partial charge in [0.2, 0.25) is 0 Å². The monoisotopic (exact) mass is 211 g/mol. The zero-order valence-corrected chi connectivity index (χ0v) is 9.97. The predicted molar refractivity (Wildman–Crippen MR) is 64.1 cm³/mol. The molecule has 0 aliphatic heterocycles. The van der Waals surface area contributed by atoms with Crippen LogP contribution in [-0.4, -0.2) is 4.75 Å². The molecule has 2 heteroatoms. The van der Waals surface area contributed by atoms with Crippen molar-refractivity contribution in [2.45, 2.75) is 30.4 Å². The van der Waals surface area contributed by atoms with Crippen LogP contribution in [0.4, 0.5) is 0 Å². The van der Waals surface area contributed by atoms with Crippen LogP contribution < -0.4 is 0 Å². The Hall–Kier alpha value is -0.0800. The summed E-state index contributed by atoms with van der Waals surface area (Å²) in [6.07, 6.45) is 0. The summed E-state index contributed by atoms with van der Waals surface area (Å²) in [5.74, 6) is 0. The van der Waals surface area contributed by atoms with E-state index < -0.39 is 0 Å². The van der Waals surface area contributed by atoms with Crippen LogP contribution in [0.3, 0.4) is 0 Å². The molecule has 0 aliphatic rings. The summed E-state index contributed by atoms with van der Waals surface area (Å²) in [5.41, 5.74) is 1.07. The van der Waals surface area contributed by atoms with Crippen LogP contribution in [0.5, 0.6) is 0 Å². The third kappa shape index (κ3) is 4.63. The molecule has 1 radical (unpaired) electrons. The van der Waals surface area contributed by atoms with Gasteiger partial charge in [0.15, 0.2) is 0 Å². The third-order valence-electron chi connectivity index (χ3n) is 1.31. The molecule has 0 unspecified atom stereocenters. The van der Waals surface area contributed by atoms with Crippen LogP contribution in [0.2, 0.25) is 0 Å². The average Bonchev–Trinajstić information content (AvgIpc) is 2.02. The molecule has 0 saturated carbocycles. The zero-order valence-electron chi connectivity index (χ0n) is 8.33. The number of benzene rings is 1. The zero-order chi connectivity index (χ0) is 9.90. The minimum atomic E-state index is 0.313. The first kappa shape index (κ1) is 11.0. The molecule has 1 rings (SSSR count). The Morgan fingerprint density at radius 1 is 1.08 bits per heavy atom. The van der Waals surface area contributed by atoms with Gasteiger partial charge in [-0.1, -0.05) is 54.5 Å². The highest BCUT2D eigenvalue weighted by Crippen LogP contribution is 2.40. The van der Waals surface area contributed by atoms with Crippen molar-refractivity contribution in [2.24, 2.45) is 0 Å². The SMILES string of the molecule is [CH2]c1ccc(SSC(C)(C)C)cc1. The Labute approximate surface area is 88.9 Å². The van der Waals surface area contributed by atoms with Crippen molar-refractivity contribution in [3.63, 3.8) is 0 Å². The molecule has 0 heterocycles. The van der Waals surface area contributed by atoms with Gasteiger partial charge in [0.25, 0.3) is 0 Å². The smallest absolute Gasteiger partial charge is 0.0183 e. The second-order valence-electron chi connectivity index (χ2n) is 3.92. The van der Waals surface area contributed by atoms with Gasteiger partial charge in [0.05, 0.1) is 0 Å². The minimum Gasteiger partial charge on any atom is -0.0830 e. The summed E-state index contributed by atoms with van der Waals surface area (Å²) < 4.78 is 0.313. The molecule has 0 nitrogen and oxygen atoms in total. The fraction of sp³-hybridized carbons (Fsp3) is 0.364. The largest absolute Gasteiger partial charge is 0.0830 e. The molecule has 0 saturated heterocycles. The van der Waals surface area contributed by atoms with Crippen LogP contribution in [0.15, 0.2) is 29.2 Å². The van der Waals surface area contributed by atoms with Crippen molar-refractivity contribution in [3.05, 3.63) is 36.8 Å². The highest BCUT2D eigenvalue weighted by molar-refractivity contribution is 8.77. The molecule has 0 bridgehead atoms. The summed E-state index contributed by atoms with van der Waals surface area (Å²) in [7, 11) is 3.71. The Bertz CT molecular complexity index is 256. The molecule has 0 aliphatic carbocycles. The second-order valence-corrected chi connectivity index (χ2v) is 6.95. The number of hydrogen-bond donors (Lipinski definition) is 0. The van der Waals surface area contributed by atoms with E-state index in [1.54, 1.807) is 0 Å². The van der Waals surface area contributed by atoms with Gasteiger partial charge in [-0.15, -0.1) is 0 Å². The Morgan fingerprint density at radius 3 is 2.08 bits per heavy atom. The average molecular weight is 211 g/mol. The summed E-state index contributed by atoms with van der Waals surface area (Å²) in [6, 6.07) is 8.33. The van der Waals surface area contributed by atoms with E-state index in [0.717, 1.165) is 5.56 Å². The van der Waals surface area contributed by atoms with Gasteiger partial charge >= 0.3 is 0 Å². The number of hydrogen-bond acceptors (Lipinski definition) is 2. The molecule has 0 fully saturated rings. The van der Waals surface area contributed by atoms with E-state index in [2.05, 4.69) is 39.8 Å². The molecule has 0 spiro atoms. The molecule has 0 N–H and O–H groups in total. The van der Waals surface area contributed by atoms with Crippen molar-refractivity contribution < 1.29 is 0 Å². The van der Waals surface area contributed by atoms with Crippen molar-refractivity contribution in [2.75, 3.05) is 0 Å². The molecule has 0 atom stereocenters. The van der Waals surface area contributed by atoms with Gasteiger partial charge in [-0.05, 0) is 24.6 Å². The Morgan fingerprint density at radius 2 is 1.62 bits per heavy atom. The van der Waals surface area contributed by atoms with Gasteiger partial charge < -0.3 is 0 Å². The lowest BCUT2D eigenvalue weighted by molar-refractivity contribution is 0.810. The lowest BCUT2D eigenvalue weighted by Crippen LogP contribution is -2.04. The van der Waals surface area contributed by atoms with Gasteiger partial charge in [-0.25, -0.2) is 0 Å². The summed E-state index contributed by atoms with van der Waals surface area (Å²) >= 11 is 0. The van der Waals surface area contributed by atoms with E-state index >= 15 is 0 Å². The first-order chi connectivity index (χ1) is 5.97. The van der Waals surface area contributed by atoms with Gasteiger partial charge in [0.1, 0.15) is 0 Å². The third-order valence-corrected chi connectivity index (χ3v) is 4.69. The van der Waals surface area contributed by atoms with Crippen LogP contribution in [-0.2, 0) is 0 Å². The summed E-state index contributed by atoms with van der Waals surface area (Å²) in [6.45, 7) is 10.5. The molecule has 0 aromatic heterocycles. The van der Waals surface area contributed by atoms with E-state index in [4.69, 9.17) is 0 Å². The maximum Gasteiger partial charge on any atom is 0.0183 e. The van der Waals surface area contributed by atoms with E-state index in [1.807, 2.05) is 33.7 Å². The summed E-state index contributed by atoms with van der Waals surface area (Å²) in [5, 5.41) is 0. The molecular formula is C11H15S2. The molecular weight excluding hydrogens is 196 g/mol. The summed E-state index contributed by atoms with van der Waals surface area (Å²) in [4.78, 5) is 1.30. The fourth-order valence-corrected chi connectivity index (χ4v) is 2.68. The van der Waals surface area contributed by atoms with Gasteiger partial charge in [0, 0.05) is 9.64 Å². The first-order valence-electron chi connectivity index (χ1n) is 4.25. The van der Waals surface area contributed by atoms with Gasteiger partial charge in [-0.3, -0.25) is 0 Å². The van der Waals surface area contributed by atoms with E-state index in [-0.39, 0.29) is 0 Å². The van der Waals surface area contributed by atoms with E-state index in [9.17, 15) is 0 Å². The van der Waals surface area contributed by atoms with Gasteiger partial charge in [-0.2, -0.15) is 0 Å². The fourth-order valence-electron chi connectivity index (χ4n) is 0.718. The Kier molecular flexibility index (Phi) is 3.74. The molecule has 1 aromatic rings. The minimum absolute atomic E-state index is 0.313. The molecule has 13 heavy (non-hydrogen) atoms. The maximum atomic E-state index is 3.85. The maximum absolute atomic E-state index is 3.85. The van der Waals surface area contributed by atoms with Crippen molar-refractivity contribution in [1.29, 1.82) is 0 Å². The van der Waals surface area contributed by atoms with Crippen LogP contribution in [0.25, 0.3) is 0 Å². The quantitative estimate of drug-likeness (QED) is 0.665. The standard InChI is InChI=1S/C11H15S2/c1-9-5-7-10(8-6-9)12-13-11(2,3)4/h5-8H,1H2,2-4H3. The van der Waals surface area contributed by atoms with E-state index in [0.29, 0.717) is 4.75 Å². The number of rotatable bonds is 2. The molecule has 1 aromatic carbocycles. The highest BCUT2D eigenvalue weighted by atomic mass is 33.1. The van der Waals surface area contributed by atoms with Crippen LogP contribution >= 0.6 is 21.6 Å². The first-order valence-corrected chi connectivity index (χ1v) is 6.40. The normalized spacial score (nSPS) is 11.7. The van der Waals surface area contributed by atoms with Crippen LogP contribution in [0.1, 0.15) is 26.3 Å².